The number of aromatic nitrogens is 1. The van der Waals surface area contributed by atoms with Gasteiger partial charge in [0.05, 0.1) is 32.0 Å². The molecule has 21 heavy (non-hydrogen) atoms. The van der Waals surface area contributed by atoms with Crippen molar-refractivity contribution in [2.45, 2.75) is 6.92 Å². The summed E-state index contributed by atoms with van der Waals surface area (Å²) in [6.07, 6.45) is 0. The molecule has 0 fully saturated rings. The Bertz CT molecular complexity index is 627. The van der Waals surface area contributed by atoms with Crippen molar-refractivity contribution < 1.29 is 19.0 Å². The van der Waals surface area contributed by atoms with Gasteiger partial charge < -0.3 is 19.5 Å². The second-order valence-electron chi connectivity index (χ2n) is 3.94. The molecule has 2 aromatic rings. The van der Waals surface area contributed by atoms with E-state index in [1.54, 1.807) is 38.8 Å². The number of rotatable bonds is 6. The van der Waals surface area contributed by atoms with E-state index in [9.17, 15) is 4.79 Å². The minimum absolute atomic E-state index is 0.264. The maximum Gasteiger partial charge on any atom is 0.360 e. The van der Waals surface area contributed by atoms with Crippen LogP contribution in [0.25, 0.3) is 0 Å². The molecule has 0 aliphatic carbocycles. The van der Waals surface area contributed by atoms with E-state index in [1.165, 1.54) is 11.3 Å². The Morgan fingerprint density at radius 1 is 1.33 bits per heavy atom. The lowest BCUT2D eigenvalue weighted by molar-refractivity contribution is 0.0521. The maximum atomic E-state index is 11.8. The number of hydrogen-bond donors (Lipinski definition) is 1. The van der Waals surface area contributed by atoms with E-state index in [0.29, 0.717) is 28.8 Å². The zero-order valence-electron chi connectivity index (χ0n) is 12.0. The lowest BCUT2D eigenvalue weighted by Gasteiger charge is -2.12. The van der Waals surface area contributed by atoms with Crippen LogP contribution in [-0.2, 0) is 4.74 Å². The molecule has 0 amide bonds. The van der Waals surface area contributed by atoms with Crippen molar-refractivity contribution in [3.8, 4) is 11.5 Å². The molecule has 0 aliphatic rings. The van der Waals surface area contributed by atoms with Gasteiger partial charge >= 0.3 is 5.97 Å². The third-order valence-electron chi connectivity index (χ3n) is 2.69. The minimum Gasteiger partial charge on any atom is -0.497 e. The van der Waals surface area contributed by atoms with Gasteiger partial charge in [-0.1, -0.05) is 0 Å². The molecular formula is C14H16N2O4S. The summed E-state index contributed by atoms with van der Waals surface area (Å²) >= 11 is 1.32. The number of ether oxygens (including phenoxy) is 3. The molecule has 1 heterocycles. The first kappa shape index (κ1) is 15.1. The molecule has 0 saturated heterocycles. The zero-order chi connectivity index (χ0) is 15.2. The first-order valence-corrected chi connectivity index (χ1v) is 7.17. The standard InChI is InChI=1S/C14H16N2O4S/c1-4-20-14(17)12-13(21-8-15-12)16-10-6-5-9(18-2)7-11(10)19-3/h5-8,16H,4H2,1-3H3. The molecular weight excluding hydrogens is 292 g/mol. The Morgan fingerprint density at radius 2 is 2.14 bits per heavy atom. The number of nitrogens with zero attached hydrogens (tertiary/aromatic N) is 1. The topological polar surface area (TPSA) is 69.7 Å². The Balaban J connectivity index is 2.26. The largest absolute Gasteiger partial charge is 0.497 e. The summed E-state index contributed by atoms with van der Waals surface area (Å²) < 4.78 is 15.4. The van der Waals surface area contributed by atoms with E-state index in [2.05, 4.69) is 10.3 Å². The molecule has 0 saturated carbocycles. The van der Waals surface area contributed by atoms with Crippen LogP contribution in [0, 0.1) is 0 Å². The number of carbonyl (C=O) groups excluding carboxylic acids is 1. The van der Waals surface area contributed by atoms with Gasteiger partial charge in [0.25, 0.3) is 0 Å². The summed E-state index contributed by atoms with van der Waals surface area (Å²) in [5, 5.41) is 3.75. The Hall–Kier alpha value is -2.28. The lowest BCUT2D eigenvalue weighted by atomic mass is 10.2. The summed E-state index contributed by atoms with van der Waals surface area (Å²) in [6, 6.07) is 5.37. The molecule has 0 aliphatic heterocycles. The van der Waals surface area contributed by atoms with Crippen LogP contribution in [0.2, 0.25) is 0 Å². The third-order valence-corrected chi connectivity index (χ3v) is 3.44. The molecule has 112 valence electrons. The normalized spacial score (nSPS) is 10.0. The van der Waals surface area contributed by atoms with E-state index in [-0.39, 0.29) is 5.69 Å². The molecule has 7 heteroatoms. The van der Waals surface area contributed by atoms with Crippen molar-refractivity contribution in [3.63, 3.8) is 0 Å². The Labute approximate surface area is 126 Å². The van der Waals surface area contributed by atoms with E-state index in [0.717, 1.165) is 0 Å². The summed E-state index contributed by atoms with van der Waals surface area (Å²) in [5.41, 5.74) is 2.57. The van der Waals surface area contributed by atoms with Crippen LogP contribution in [0.4, 0.5) is 10.7 Å². The lowest BCUT2D eigenvalue weighted by Crippen LogP contribution is -2.07. The predicted octanol–water partition coefficient (Wildman–Crippen LogP) is 3.08. The van der Waals surface area contributed by atoms with Gasteiger partial charge in [0.2, 0.25) is 0 Å². The Morgan fingerprint density at radius 3 is 2.81 bits per heavy atom. The highest BCUT2D eigenvalue weighted by Gasteiger charge is 2.17. The van der Waals surface area contributed by atoms with Crippen LogP contribution < -0.4 is 14.8 Å². The number of methoxy groups -OCH3 is 2. The molecule has 0 radical (unpaired) electrons. The van der Waals surface area contributed by atoms with Crippen molar-refractivity contribution >= 4 is 28.0 Å². The quantitative estimate of drug-likeness (QED) is 0.827. The first-order chi connectivity index (χ1) is 10.2. The highest BCUT2D eigenvalue weighted by Crippen LogP contribution is 2.34. The molecule has 1 aromatic carbocycles. The molecule has 0 atom stereocenters. The molecule has 1 aromatic heterocycles. The van der Waals surface area contributed by atoms with Crippen molar-refractivity contribution in [2.75, 3.05) is 26.1 Å². The molecule has 0 spiro atoms. The highest BCUT2D eigenvalue weighted by atomic mass is 32.1. The average molecular weight is 308 g/mol. The molecule has 0 bridgehead atoms. The van der Waals surface area contributed by atoms with Crippen molar-refractivity contribution in [1.29, 1.82) is 0 Å². The Kier molecular flexibility index (Phi) is 4.99. The number of anilines is 2. The van der Waals surface area contributed by atoms with Crippen molar-refractivity contribution in [2.24, 2.45) is 0 Å². The molecule has 6 nitrogen and oxygen atoms in total. The van der Waals surface area contributed by atoms with Crippen LogP contribution >= 0.6 is 11.3 Å². The van der Waals surface area contributed by atoms with Gasteiger partial charge in [-0.05, 0) is 19.1 Å². The zero-order valence-corrected chi connectivity index (χ0v) is 12.8. The number of hydrogen-bond acceptors (Lipinski definition) is 7. The van der Waals surface area contributed by atoms with E-state index in [1.807, 2.05) is 6.07 Å². The van der Waals surface area contributed by atoms with Gasteiger partial charge in [-0.15, -0.1) is 11.3 Å². The number of nitrogens with one attached hydrogen (secondary N) is 1. The first-order valence-electron chi connectivity index (χ1n) is 6.29. The summed E-state index contributed by atoms with van der Waals surface area (Å²) in [5.74, 6) is 0.846. The number of esters is 1. The second kappa shape index (κ2) is 6.94. The number of thiazole rings is 1. The number of benzene rings is 1. The fraction of sp³-hybridized carbons (Fsp3) is 0.286. The fourth-order valence-corrected chi connectivity index (χ4v) is 2.38. The predicted molar refractivity (Wildman–Crippen MR) is 80.9 cm³/mol. The van der Waals surface area contributed by atoms with Crippen molar-refractivity contribution in [1.82, 2.24) is 4.98 Å². The third kappa shape index (κ3) is 3.43. The van der Waals surface area contributed by atoms with Gasteiger partial charge in [-0.3, -0.25) is 0 Å². The molecule has 0 unspecified atom stereocenters. The monoisotopic (exact) mass is 308 g/mol. The summed E-state index contributed by atoms with van der Waals surface area (Å²) in [6.45, 7) is 2.06. The highest BCUT2D eigenvalue weighted by molar-refractivity contribution is 7.14. The van der Waals surface area contributed by atoms with Crippen LogP contribution in [0.15, 0.2) is 23.7 Å². The van der Waals surface area contributed by atoms with Gasteiger partial charge in [0.15, 0.2) is 5.69 Å². The average Bonchev–Trinajstić information content (AvgIpc) is 2.96. The molecule has 2 rings (SSSR count). The van der Waals surface area contributed by atoms with Gasteiger partial charge in [-0.25, -0.2) is 9.78 Å². The summed E-state index contributed by atoms with van der Waals surface area (Å²) in [7, 11) is 3.16. The van der Waals surface area contributed by atoms with Crippen LogP contribution in [0.1, 0.15) is 17.4 Å². The van der Waals surface area contributed by atoms with Gasteiger partial charge in [0, 0.05) is 6.07 Å². The van der Waals surface area contributed by atoms with Crippen LogP contribution in [0.3, 0.4) is 0 Å². The fourth-order valence-electron chi connectivity index (χ4n) is 1.70. The second-order valence-corrected chi connectivity index (χ2v) is 4.80. The SMILES string of the molecule is CCOC(=O)c1ncsc1Nc1ccc(OC)cc1OC. The van der Waals surface area contributed by atoms with Crippen LogP contribution in [0.5, 0.6) is 11.5 Å². The van der Waals surface area contributed by atoms with Gasteiger partial charge in [-0.2, -0.15) is 0 Å². The number of carbonyl (C=O) groups is 1. The van der Waals surface area contributed by atoms with E-state index < -0.39 is 5.97 Å². The van der Waals surface area contributed by atoms with E-state index in [4.69, 9.17) is 14.2 Å². The molecule has 1 N–H and O–H groups in total. The van der Waals surface area contributed by atoms with Gasteiger partial charge in [0.1, 0.15) is 16.5 Å². The summed E-state index contributed by atoms with van der Waals surface area (Å²) in [4.78, 5) is 15.8. The van der Waals surface area contributed by atoms with Crippen LogP contribution in [-0.4, -0.2) is 31.8 Å². The smallest absolute Gasteiger partial charge is 0.360 e. The maximum absolute atomic E-state index is 11.8. The minimum atomic E-state index is -0.450. The van der Waals surface area contributed by atoms with Crippen molar-refractivity contribution in [3.05, 3.63) is 29.4 Å². The van der Waals surface area contributed by atoms with E-state index >= 15 is 0 Å².